The summed E-state index contributed by atoms with van der Waals surface area (Å²) in [5.74, 6) is 0.0865. The number of halogens is 1. The fraction of sp³-hybridized carbons (Fsp3) is 0.115. The van der Waals surface area contributed by atoms with Crippen LogP contribution in [0.1, 0.15) is 12.0 Å². The van der Waals surface area contributed by atoms with Crippen LogP contribution in [-0.2, 0) is 11.2 Å². The Balaban J connectivity index is 1.34. The Labute approximate surface area is 195 Å². The van der Waals surface area contributed by atoms with Crippen molar-refractivity contribution in [2.45, 2.75) is 12.8 Å². The number of carbonyl (C=O) groups is 1. The smallest absolute Gasteiger partial charge is 0.224 e. The SMILES string of the molecule is COc1ccc(-c2[nH]c3ccccc3c2CCC(=O)Nc2ccc(-n3cncn3)c(F)c2)cc1. The van der Waals surface area contributed by atoms with E-state index in [1.165, 1.54) is 23.4 Å². The molecule has 0 aliphatic heterocycles. The number of nitrogens with zero attached hydrogens (tertiary/aromatic N) is 3. The van der Waals surface area contributed by atoms with Crippen molar-refractivity contribution in [2.75, 3.05) is 12.4 Å². The minimum atomic E-state index is -0.498. The monoisotopic (exact) mass is 455 g/mol. The fourth-order valence-corrected chi connectivity index (χ4v) is 4.03. The summed E-state index contributed by atoms with van der Waals surface area (Å²) in [7, 11) is 1.63. The summed E-state index contributed by atoms with van der Waals surface area (Å²) < 4.78 is 21.1. The zero-order chi connectivity index (χ0) is 23.5. The van der Waals surface area contributed by atoms with Crippen molar-refractivity contribution in [2.24, 2.45) is 0 Å². The van der Waals surface area contributed by atoms with Crippen molar-refractivity contribution in [1.29, 1.82) is 0 Å². The predicted octanol–water partition coefficient (Wildman–Crippen LogP) is 5.13. The molecule has 1 amide bonds. The van der Waals surface area contributed by atoms with Crippen molar-refractivity contribution in [1.82, 2.24) is 19.7 Å². The molecule has 0 aliphatic carbocycles. The van der Waals surface area contributed by atoms with E-state index in [1.807, 2.05) is 48.5 Å². The molecule has 8 heteroatoms. The first kappa shape index (κ1) is 21.4. The van der Waals surface area contributed by atoms with Gasteiger partial charge in [0.2, 0.25) is 5.91 Å². The largest absolute Gasteiger partial charge is 0.497 e. The van der Waals surface area contributed by atoms with Crippen LogP contribution in [0.4, 0.5) is 10.1 Å². The van der Waals surface area contributed by atoms with Crippen LogP contribution in [0, 0.1) is 5.82 Å². The molecule has 0 fully saturated rings. The van der Waals surface area contributed by atoms with E-state index in [1.54, 1.807) is 19.2 Å². The van der Waals surface area contributed by atoms with Gasteiger partial charge in [0.25, 0.3) is 0 Å². The highest BCUT2D eigenvalue weighted by atomic mass is 19.1. The quantitative estimate of drug-likeness (QED) is 0.356. The number of aromatic amines is 1. The van der Waals surface area contributed by atoms with Gasteiger partial charge in [0, 0.05) is 28.7 Å². The van der Waals surface area contributed by atoms with Gasteiger partial charge < -0.3 is 15.0 Å². The molecule has 2 heterocycles. The van der Waals surface area contributed by atoms with Gasteiger partial charge >= 0.3 is 0 Å². The fourth-order valence-electron chi connectivity index (χ4n) is 4.03. The first-order valence-corrected chi connectivity index (χ1v) is 10.8. The summed E-state index contributed by atoms with van der Waals surface area (Å²) in [5, 5.41) is 7.79. The number of ether oxygens (including phenoxy) is 1. The molecule has 0 radical (unpaired) electrons. The lowest BCUT2D eigenvalue weighted by atomic mass is 10.0. The molecule has 0 unspecified atom stereocenters. The third-order valence-electron chi connectivity index (χ3n) is 5.69. The molecule has 170 valence electrons. The number of aryl methyl sites for hydroxylation is 1. The van der Waals surface area contributed by atoms with Crippen LogP contribution in [0.25, 0.3) is 27.8 Å². The van der Waals surface area contributed by atoms with Gasteiger partial charge in [-0.05, 0) is 66.1 Å². The van der Waals surface area contributed by atoms with Crippen LogP contribution >= 0.6 is 0 Å². The van der Waals surface area contributed by atoms with Crippen molar-refractivity contribution < 1.29 is 13.9 Å². The normalized spacial score (nSPS) is 11.0. The summed E-state index contributed by atoms with van der Waals surface area (Å²) in [6, 6.07) is 20.3. The van der Waals surface area contributed by atoms with Gasteiger partial charge in [-0.2, -0.15) is 5.10 Å². The minimum absolute atomic E-state index is 0.195. The molecule has 2 N–H and O–H groups in total. The number of anilines is 1. The second kappa shape index (κ2) is 9.19. The number of para-hydroxylation sites is 1. The van der Waals surface area contributed by atoms with E-state index >= 15 is 0 Å². The Bertz CT molecular complexity index is 1440. The first-order valence-electron chi connectivity index (χ1n) is 10.8. The van der Waals surface area contributed by atoms with Gasteiger partial charge in [-0.3, -0.25) is 4.79 Å². The number of benzene rings is 3. The van der Waals surface area contributed by atoms with Crippen molar-refractivity contribution in [3.63, 3.8) is 0 Å². The van der Waals surface area contributed by atoms with Gasteiger partial charge in [-0.15, -0.1) is 0 Å². The molecule has 5 rings (SSSR count). The zero-order valence-corrected chi connectivity index (χ0v) is 18.5. The van der Waals surface area contributed by atoms with E-state index in [2.05, 4.69) is 20.4 Å². The van der Waals surface area contributed by atoms with Gasteiger partial charge in [0.05, 0.1) is 7.11 Å². The zero-order valence-electron chi connectivity index (χ0n) is 18.5. The number of methoxy groups -OCH3 is 1. The number of nitrogens with one attached hydrogen (secondary N) is 2. The number of hydrogen-bond acceptors (Lipinski definition) is 4. The van der Waals surface area contributed by atoms with Crippen LogP contribution in [0.2, 0.25) is 0 Å². The molecule has 0 atom stereocenters. The van der Waals surface area contributed by atoms with Crippen LogP contribution in [0.5, 0.6) is 5.75 Å². The molecule has 0 aliphatic rings. The van der Waals surface area contributed by atoms with Crippen LogP contribution in [0.3, 0.4) is 0 Å². The Hall–Kier alpha value is -4.46. The molecular formula is C26H22FN5O2. The maximum absolute atomic E-state index is 14.5. The highest BCUT2D eigenvalue weighted by Gasteiger charge is 2.15. The van der Waals surface area contributed by atoms with Crippen LogP contribution < -0.4 is 10.1 Å². The van der Waals surface area contributed by atoms with Gasteiger partial charge in [-0.1, -0.05) is 18.2 Å². The molecule has 0 saturated heterocycles. The van der Waals surface area contributed by atoms with E-state index < -0.39 is 5.82 Å². The average molecular weight is 455 g/mol. The third kappa shape index (κ3) is 4.25. The summed E-state index contributed by atoms with van der Waals surface area (Å²) in [6.45, 7) is 0. The second-order valence-electron chi connectivity index (χ2n) is 7.81. The van der Waals surface area contributed by atoms with Crippen molar-refractivity contribution in [3.05, 3.63) is 90.8 Å². The molecule has 0 spiro atoms. The lowest BCUT2D eigenvalue weighted by Gasteiger charge is -2.09. The molecule has 34 heavy (non-hydrogen) atoms. The maximum atomic E-state index is 14.5. The standard InChI is InChI=1S/C26H22FN5O2/c1-34-19-9-6-17(7-10-19)26-21(20-4-2-3-5-23(20)31-26)11-13-25(33)30-18-8-12-24(22(27)14-18)32-16-28-15-29-32/h2-10,12,14-16,31H,11,13H2,1H3,(H,30,33). The summed E-state index contributed by atoms with van der Waals surface area (Å²) in [5.41, 5.74) is 4.70. The van der Waals surface area contributed by atoms with Gasteiger partial charge in [0.1, 0.15) is 24.1 Å². The van der Waals surface area contributed by atoms with Crippen LogP contribution in [0.15, 0.2) is 79.4 Å². The Morgan fingerprint density at radius 3 is 2.68 bits per heavy atom. The number of H-pyrrole nitrogens is 1. The minimum Gasteiger partial charge on any atom is -0.497 e. The van der Waals surface area contributed by atoms with E-state index in [4.69, 9.17) is 4.74 Å². The highest BCUT2D eigenvalue weighted by Crippen LogP contribution is 2.32. The van der Waals surface area contributed by atoms with E-state index in [0.717, 1.165) is 33.5 Å². The number of fused-ring (bicyclic) bond motifs is 1. The van der Waals surface area contributed by atoms with Crippen molar-refractivity contribution in [3.8, 4) is 22.7 Å². The second-order valence-corrected chi connectivity index (χ2v) is 7.81. The summed E-state index contributed by atoms with van der Waals surface area (Å²) in [6.07, 6.45) is 3.52. The summed E-state index contributed by atoms with van der Waals surface area (Å²) in [4.78, 5) is 20.0. The molecule has 2 aromatic heterocycles. The van der Waals surface area contributed by atoms with Gasteiger partial charge in [-0.25, -0.2) is 14.1 Å². The predicted molar refractivity (Wildman–Crippen MR) is 129 cm³/mol. The molecule has 3 aromatic carbocycles. The maximum Gasteiger partial charge on any atom is 0.224 e. The first-order chi connectivity index (χ1) is 16.6. The van der Waals surface area contributed by atoms with E-state index in [-0.39, 0.29) is 18.0 Å². The molecule has 7 nitrogen and oxygen atoms in total. The Morgan fingerprint density at radius 2 is 1.94 bits per heavy atom. The number of hydrogen-bond donors (Lipinski definition) is 2. The third-order valence-corrected chi connectivity index (χ3v) is 5.69. The number of amides is 1. The lowest BCUT2D eigenvalue weighted by molar-refractivity contribution is -0.116. The van der Waals surface area contributed by atoms with Crippen molar-refractivity contribution >= 4 is 22.5 Å². The number of aromatic nitrogens is 4. The van der Waals surface area contributed by atoms with Gasteiger partial charge in [0.15, 0.2) is 5.82 Å². The topological polar surface area (TPSA) is 84.8 Å². The molecule has 5 aromatic rings. The Morgan fingerprint density at radius 1 is 1.12 bits per heavy atom. The molecule has 0 saturated carbocycles. The van der Waals surface area contributed by atoms with Crippen LogP contribution in [-0.4, -0.2) is 32.8 Å². The number of rotatable bonds is 7. The average Bonchev–Trinajstić information content (AvgIpc) is 3.51. The summed E-state index contributed by atoms with van der Waals surface area (Å²) >= 11 is 0. The Kier molecular flexibility index (Phi) is 5.78. The number of carbonyl (C=O) groups excluding carboxylic acids is 1. The molecular weight excluding hydrogens is 433 g/mol. The highest BCUT2D eigenvalue weighted by molar-refractivity contribution is 5.94. The lowest BCUT2D eigenvalue weighted by Crippen LogP contribution is -2.13. The molecule has 0 bridgehead atoms. The van der Waals surface area contributed by atoms with E-state index in [9.17, 15) is 9.18 Å². The van der Waals surface area contributed by atoms with E-state index in [0.29, 0.717) is 12.1 Å².